The maximum absolute atomic E-state index is 13.3. The van der Waals surface area contributed by atoms with Gasteiger partial charge < -0.3 is 4.74 Å². The van der Waals surface area contributed by atoms with Crippen molar-refractivity contribution < 1.29 is 22.9 Å². The number of hydrogen-bond donors (Lipinski definition) is 0. The molecule has 0 bridgehead atoms. The molecule has 1 amide bonds. The van der Waals surface area contributed by atoms with E-state index in [1.807, 2.05) is 0 Å². The van der Waals surface area contributed by atoms with Gasteiger partial charge in [0.05, 0.1) is 27.7 Å². The molecule has 0 N–H and O–H groups in total. The Balaban J connectivity index is 0.00000361. The number of nitro benzene ring substituents is 1. The molecule has 2 heterocycles. The Bertz CT molecular complexity index is 1370. The molecule has 13 heteroatoms. The van der Waals surface area contributed by atoms with Crippen molar-refractivity contribution in [1.29, 1.82) is 0 Å². The first kappa shape index (κ1) is 27.7. The van der Waals surface area contributed by atoms with Gasteiger partial charge in [0.25, 0.3) is 11.6 Å². The van der Waals surface area contributed by atoms with E-state index in [0.29, 0.717) is 47.2 Å². The lowest BCUT2D eigenvalue weighted by Gasteiger charge is -2.28. The zero-order chi connectivity index (χ0) is 25.0. The summed E-state index contributed by atoms with van der Waals surface area (Å²) < 4.78 is 30.5. The molecule has 0 radical (unpaired) electrons. The SMILES string of the molecule is CS(=O)(=O)c1cccc2sc(N(CCN3CCOCC3)C(=O)C=Cc3ccc([N+](=O)[O-])cc3)nc12.Cl. The molecule has 1 saturated heterocycles. The van der Waals surface area contributed by atoms with Crippen molar-refractivity contribution in [1.82, 2.24) is 9.88 Å². The number of nitro groups is 1. The van der Waals surface area contributed by atoms with Gasteiger partial charge in [0, 0.05) is 50.6 Å². The first-order valence-corrected chi connectivity index (χ1v) is 13.6. The van der Waals surface area contributed by atoms with Crippen LogP contribution in [0.25, 0.3) is 16.3 Å². The van der Waals surface area contributed by atoms with Crippen LogP contribution in [-0.4, -0.2) is 74.8 Å². The van der Waals surface area contributed by atoms with Gasteiger partial charge in [0.15, 0.2) is 15.0 Å². The molecule has 4 rings (SSSR count). The number of amides is 1. The Morgan fingerprint density at radius 1 is 1.22 bits per heavy atom. The molecule has 36 heavy (non-hydrogen) atoms. The maximum atomic E-state index is 13.3. The van der Waals surface area contributed by atoms with Crippen LogP contribution >= 0.6 is 23.7 Å². The number of ether oxygens (including phenoxy) is 1. The van der Waals surface area contributed by atoms with E-state index in [2.05, 4.69) is 9.88 Å². The maximum Gasteiger partial charge on any atom is 0.269 e. The zero-order valence-corrected chi connectivity index (χ0v) is 21.9. The molecular formula is C23H25ClN4O6S2. The van der Waals surface area contributed by atoms with Crippen LogP contribution in [0.2, 0.25) is 0 Å². The molecule has 1 aliphatic rings. The molecule has 2 aromatic carbocycles. The van der Waals surface area contributed by atoms with Crippen molar-refractivity contribution in [2.24, 2.45) is 0 Å². The van der Waals surface area contributed by atoms with Crippen molar-refractivity contribution in [3.63, 3.8) is 0 Å². The highest BCUT2D eigenvalue weighted by Crippen LogP contribution is 2.33. The summed E-state index contributed by atoms with van der Waals surface area (Å²) in [5.41, 5.74) is 0.955. The first-order chi connectivity index (χ1) is 16.7. The summed E-state index contributed by atoms with van der Waals surface area (Å²) in [6.45, 7) is 3.75. The summed E-state index contributed by atoms with van der Waals surface area (Å²) in [7, 11) is -3.49. The zero-order valence-electron chi connectivity index (χ0n) is 19.4. The fraction of sp³-hybridized carbons (Fsp3) is 0.304. The van der Waals surface area contributed by atoms with E-state index < -0.39 is 14.8 Å². The molecule has 0 unspecified atom stereocenters. The second kappa shape index (κ2) is 11.9. The Hall–Kier alpha value is -2.90. The molecule has 0 saturated carbocycles. The number of anilines is 1. The normalized spacial score (nSPS) is 14.6. The minimum atomic E-state index is -3.49. The number of sulfone groups is 1. The lowest BCUT2D eigenvalue weighted by Crippen LogP contribution is -2.42. The Labute approximate surface area is 218 Å². The number of fused-ring (bicyclic) bond motifs is 1. The van der Waals surface area contributed by atoms with Crippen LogP contribution in [0, 0.1) is 10.1 Å². The molecule has 192 valence electrons. The van der Waals surface area contributed by atoms with Crippen molar-refractivity contribution in [3.05, 3.63) is 64.2 Å². The topological polar surface area (TPSA) is 123 Å². The van der Waals surface area contributed by atoms with Crippen LogP contribution in [0.5, 0.6) is 0 Å². The number of carbonyl (C=O) groups excluding carboxylic acids is 1. The molecule has 1 fully saturated rings. The number of para-hydroxylation sites is 1. The predicted molar refractivity (Wildman–Crippen MR) is 142 cm³/mol. The number of halogens is 1. The van der Waals surface area contributed by atoms with Crippen molar-refractivity contribution in [2.45, 2.75) is 4.90 Å². The molecule has 0 spiro atoms. The predicted octanol–water partition coefficient (Wildman–Crippen LogP) is 3.41. The Morgan fingerprint density at radius 2 is 1.92 bits per heavy atom. The second-order valence-electron chi connectivity index (χ2n) is 8.00. The monoisotopic (exact) mass is 552 g/mol. The minimum Gasteiger partial charge on any atom is -0.379 e. The van der Waals surface area contributed by atoms with Gasteiger partial charge in [-0.1, -0.05) is 17.4 Å². The summed E-state index contributed by atoms with van der Waals surface area (Å²) in [6.07, 6.45) is 4.11. The summed E-state index contributed by atoms with van der Waals surface area (Å²) in [5.74, 6) is -0.323. The fourth-order valence-electron chi connectivity index (χ4n) is 3.66. The third kappa shape index (κ3) is 6.65. The lowest BCUT2D eigenvalue weighted by molar-refractivity contribution is -0.384. The van der Waals surface area contributed by atoms with Gasteiger partial charge in [-0.25, -0.2) is 13.4 Å². The summed E-state index contributed by atoms with van der Waals surface area (Å²) >= 11 is 1.25. The van der Waals surface area contributed by atoms with E-state index in [4.69, 9.17) is 4.74 Å². The van der Waals surface area contributed by atoms with Crippen molar-refractivity contribution in [2.75, 3.05) is 50.5 Å². The van der Waals surface area contributed by atoms with Crippen LogP contribution in [0.15, 0.2) is 53.4 Å². The summed E-state index contributed by atoms with van der Waals surface area (Å²) in [4.78, 5) is 32.0. The Morgan fingerprint density at radius 3 is 2.56 bits per heavy atom. The van der Waals surface area contributed by atoms with Gasteiger partial charge >= 0.3 is 0 Å². The highest BCUT2D eigenvalue weighted by Gasteiger charge is 2.22. The third-order valence-electron chi connectivity index (χ3n) is 5.53. The molecule has 1 aromatic heterocycles. The lowest BCUT2D eigenvalue weighted by atomic mass is 10.2. The Kier molecular flexibility index (Phi) is 9.14. The summed E-state index contributed by atoms with van der Waals surface area (Å²) in [6, 6.07) is 10.8. The van der Waals surface area contributed by atoms with E-state index in [1.54, 1.807) is 30.3 Å². The number of benzene rings is 2. The summed E-state index contributed by atoms with van der Waals surface area (Å²) in [5, 5.41) is 11.3. The van der Waals surface area contributed by atoms with Gasteiger partial charge in [0.2, 0.25) is 0 Å². The number of nitrogens with zero attached hydrogens (tertiary/aromatic N) is 4. The highest BCUT2D eigenvalue weighted by atomic mass is 35.5. The molecule has 3 aromatic rings. The van der Waals surface area contributed by atoms with Crippen LogP contribution in [0.1, 0.15) is 5.56 Å². The second-order valence-corrected chi connectivity index (χ2v) is 11.0. The van der Waals surface area contributed by atoms with Gasteiger partial charge in [-0.05, 0) is 35.9 Å². The average Bonchev–Trinajstić information content (AvgIpc) is 3.27. The quantitative estimate of drug-likeness (QED) is 0.237. The number of carbonyl (C=O) groups is 1. The molecule has 1 aliphatic heterocycles. The van der Waals surface area contributed by atoms with E-state index >= 15 is 0 Å². The van der Waals surface area contributed by atoms with Crippen molar-refractivity contribution in [3.8, 4) is 0 Å². The molecular weight excluding hydrogens is 528 g/mol. The average molecular weight is 553 g/mol. The van der Waals surface area contributed by atoms with Crippen LogP contribution in [0.4, 0.5) is 10.8 Å². The van der Waals surface area contributed by atoms with Gasteiger partial charge in [-0.3, -0.25) is 24.7 Å². The highest BCUT2D eigenvalue weighted by molar-refractivity contribution is 7.91. The molecule has 0 atom stereocenters. The standard InChI is InChI=1S/C23H24N4O6S2.ClH/c1-35(31,32)20-4-2-3-19-22(20)24-23(34-19)26(12-11-25-13-15-33-16-14-25)21(28)10-7-17-5-8-18(9-6-17)27(29)30;/h2-10H,11-16H2,1H3;1H. The van der Waals surface area contributed by atoms with Crippen LogP contribution in [0.3, 0.4) is 0 Å². The number of thiazole rings is 1. The van der Waals surface area contributed by atoms with E-state index in [0.717, 1.165) is 19.3 Å². The van der Waals surface area contributed by atoms with E-state index in [1.165, 1.54) is 40.5 Å². The number of aromatic nitrogens is 1. The van der Waals surface area contributed by atoms with Gasteiger partial charge in [-0.15, -0.1) is 12.4 Å². The fourth-order valence-corrected chi connectivity index (χ4v) is 5.58. The molecule has 0 aliphatic carbocycles. The van der Waals surface area contributed by atoms with E-state index in [-0.39, 0.29) is 28.9 Å². The molecule has 10 nitrogen and oxygen atoms in total. The van der Waals surface area contributed by atoms with Crippen LogP contribution in [-0.2, 0) is 19.4 Å². The number of rotatable bonds is 8. The smallest absolute Gasteiger partial charge is 0.269 e. The van der Waals surface area contributed by atoms with Gasteiger partial charge in [0.1, 0.15) is 5.52 Å². The number of non-ortho nitro benzene ring substituents is 1. The minimum absolute atomic E-state index is 0. The number of hydrogen-bond acceptors (Lipinski definition) is 9. The third-order valence-corrected chi connectivity index (χ3v) is 7.70. The van der Waals surface area contributed by atoms with E-state index in [9.17, 15) is 23.3 Å². The first-order valence-electron chi connectivity index (χ1n) is 10.9. The number of morpholine rings is 1. The van der Waals surface area contributed by atoms with Crippen LogP contribution < -0.4 is 4.90 Å². The van der Waals surface area contributed by atoms with Crippen molar-refractivity contribution >= 4 is 66.6 Å². The largest absolute Gasteiger partial charge is 0.379 e. The van der Waals surface area contributed by atoms with Gasteiger partial charge in [-0.2, -0.15) is 0 Å².